The van der Waals surface area contributed by atoms with E-state index in [-0.39, 0.29) is 11.9 Å². The summed E-state index contributed by atoms with van der Waals surface area (Å²) < 4.78 is 13.0. The Kier molecular flexibility index (Phi) is 5.04. The zero-order chi connectivity index (χ0) is 13.5. The van der Waals surface area contributed by atoms with Crippen molar-refractivity contribution in [1.29, 1.82) is 0 Å². The molecule has 2 rings (SSSR count). The van der Waals surface area contributed by atoms with Crippen molar-refractivity contribution in [2.45, 2.75) is 25.8 Å². The molecule has 0 amide bonds. The van der Waals surface area contributed by atoms with Crippen molar-refractivity contribution < 1.29 is 4.39 Å². The Morgan fingerprint density at radius 3 is 2.58 bits per heavy atom. The lowest BCUT2D eigenvalue weighted by molar-refractivity contribution is 0.523. The van der Waals surface area contributed by atoms with E-state index >= 15 is 0 Å². The molecule has 19 heavy (non-hydrogen) atoms. The molecule has 1 heterocycles. The van der Waals surface area contributed by atoms with Crippen LogP contribution in [0.15, 0.2) is 48.7 Å². The minimum Gasteiger partial charge on any atom is -0.310 e. The highest BCUT2D eigenvalue weighted by molar-refractivity contribution is 5.22. The summed E-state index contributed by atoms with van der Waals surface area (Å²) in [5.41, 5.74) is 2.14. The molecule has 0 radical (unpaired) electrons. The Morgan fingerprint density at radius 1 is 1.16 bits per heavy atom. The summed E-state index contributed by atoms with van der Waals surface area (Å²) >= 11 is 0. The summed E-state index contributed by atoms with van der Waals surface area (Å²) in [6.07, 6.45) is 3.68. The number of hydrogen-bond acceptors (Lipinski definition) is 2. The van der Waals surface area contributed by atoms with Gasteiger partial charge in [-0.25, -0.2) is 4.39 Å². The zero-order valence-electron chi connectivity index (χ0n) is 11.1. The monoisotopic (exact) mass is 258 g/mol. The van der Waals surface area contributed by atoms with Gasteiger partial charge < -0.3 is 5.32 Å². The van der Waals surface area contributed by atoms with Crippen molar-refractivity contribution >= 4 is 0 Å². The molecule has 2 nitrogen and oxygen atoms in total. The Bertz CT molecular complexity index is 482. The Morgan fingerprint density at radius 2 is 1.95 bits per heavy atom. The average molecular weight is 258 g/mol. The van der Waals surface area contributed by atoms with E-state index in [0.717, 1.165) is 30.6 Å². The summed E-state index contributed by atoms with van der Waals surface area (Å²) in [4.78, 5) is 4.36. The molecule has 0 bridgehead atoms. The van der Waals surface area contributed by atoms with Crippen molar-refractivity contribution in [2.75, 3.05) is 6.54 Å². The molecule has 3 heteroatoms. The second kappa shape index (κ2) is 7.00. The van der Waals surface area contributed by atoms with Crippen molar-refractivity contribution in [1.82, 2.24) is 10.3 Å². The molecule has 0 fully saturated rings. The minimum atomic E-state index is -0.198. The maximum atomic E-state index is 13.0. The van der Waals surface area contributed by atoms with E-state index in [9.17, 15) is 4.39 Å². The normalized spacial score (nSPS) is 12.3. The maximum Gasteiger partial charge on any atom is 0.123 e. The third-order valence-corrected chi connectivity index (χ3v) is 3.05. The number of benzene rings is 1. The largest absolute Gasteiger partial charge is 0.310 e. The molecule has 2 aromatic rings. The number of halogens is 1. The molecule has 1 unspecified atom stereocenters. The first-order valence-electron chi connectivity index (χ1n) is 6.68. The molecular formula is C16H19FN2. The van der Waals surface area contributed by atoms with E-state index in [1.54, 1.807) is 6.20 Å². The van der Waals surface area contributed by atoms with Crippen LogP contribution in [0.1, 0.15) is 30.6 Å². The first-order valence-corrected chi connectivity index (χ1v) is 6.68. The molecule has 0 saturated carbocycles. The highest BCUT2D eigenvalue weighted by Gasteiger charge is 2.12. The van der Waals surface area contributed by atoms with Gasteiger partial charge >= 0.3 is 0 Å². The van der Waals surface area contributed by atoms with Gasteiger partial charge in [0, 0.05) is 24.4 Å². The highest BCUT2D eigenvalue weighted by Crippen LogP contribution is 2.18. The van der Waals surface area contributed by atoms with Gasteiger partial charge in [0.15, 0.2) is 0 Å². The molecule has 1 aromatic carbocycles. The van der Waals surface area contributed by atoms with Crippen molar-refractivity contribution in [3.05, 3.63) is 65.7 Å². The Labute approximate surface area is 113 Å². The smallest absolute Gasteiger partial charge is 0.123 e. The minimum absolute atomic E-state index is 0.176. The van der Waals surface area contributed by atoms with Gasteiger partial charge in [0.2, 0.25) is 0 Å². The number of nitrogens with zero attached hydrogens (tertiary/aromatic N) is 1. The van der Waals surface area contributed by atoms with E-state index in [1.165, 1.54) is 12.1 Å². The van der Waals surface area contributed by atoms with Crippen LogP contribution in [0.2, 0.25) is 0 Å². The summed E-state index contributed by atoms with van der Waals surface area (Å²) in [5.74, 6) is -0.198. The highest BCUT2D eigenvalue weighted by atomic mass is 19.1. The quantitative estimate of drug-likeness (QED) is 0.857. The van der Waals surface area contributed by atoms with Crippen molar-refractivity contribution in [2.24, 2.45) is 0 Å². The molecular weight excluding hydrogens is 239 g/mol. The fourth-order valence-corrected chi connectivity index (χ4v) is 2.05. The third kappa shape index (κ3) is 4.14. The van der Waals surface area contributed by atoms with Crippen LogP contribution in [-0.4, -0.2) is 11.5 Å². The van der Waals surface area contributed by atoms with Crippen LogP contribution in [0, 0.1) is 5.82 Å². The van der Waals surface area contributed by atoms with E-state index in [4.69, 9.17) is 0 Å². The molecule has 100 valence electrons. The summed E-state index contributed by atoms with van der Waals surface area (Å²) in [7, 11) is 0. The molecule has 0 aliphatic carbocycles. The summed E-state index contributed by atoms with van der Waals surface area (Å²) in [6, 6.07) is 12.8. The van der Waals surface area contributed by atoms with Gasteiger partial charge in [-0.05, 0) is 42.8 Å². The number of hydrogen-bond donors (Lipinski definition) is 1. The number of rotatable bonds is 6. The van der Waals surface area contributed by atoms with E-state index in [1.807, 2.05) is 30.3 Å². The molecule has 0 saturated heterocycles. The lowest BCUT2D eigenvalue weighted by Gasteiger charge is -2.18. The molecule has 1 N–H and O–H groups in total. The predicted octanol–water partition coefficient (Wildman–Crippen LogP) is 3.50. The van der Waals surface area contributed by atoms with Gasteiger partial charge in [-0.2, -0.15) is 0 Å². The topological polar surface area (TPSA) is 24.9 Å². The molecule has 1 aromatic heterocycles. The second-order valence-electron chi connectivity index (χ2n) is 4.58. The second-order valence-corrected chi connectivity index (χ2v) is 4.58. The Hall–Kier alpha value is -1.74. The summed E-state index contributed by atoms with van der Waals surface area (Å²) in [6.45, 7) is 3.07. The van der Waals surface area contributed by atoms with E-state index in [2.05, 4.69) is 17.2 Å². The van der Waals surface area contributed by atoms with E-state index < -0.39 is 0 Å². The predicted molar refractivity (Wildman–Crippen MR) is 75.4 cm³/mol. The van der Waals surface area contributed by atoms with Crippen LogP contribution < -0.4 is 5.32 Å². The first kappa shape index (κ1) is 13.7. The van der Waals surface area contributed by atoms with Gasteiger partial charge in [-0.1, -0.05) is 25.1 Å². The maximum absolute atomic E-state index is 13.0. The fourth-order valence-electron chi connectivity index (χ4n) is 2.05. The lowest BCUT2D eigenvalue weighted by Crippen LogP contribution is -2.24. The van der Waals surface area contributed by atoms with Crippen LogP contribution in [0.25, 0.3) is 0 Å². The fraction of sp³-hybridized carbons (Fsp3) is 0.312. The van der Waals surface area contributed by atoms with Crippen LogP contribution >= 0.6 is 0 Å². The van der Waals surface area contributed by atoms with E-state index in [0.29, 0.717) is 0 Å². The third-order valence-electron chi connectivity index (χ3n) is 3.05. The number of aromatic nitrogens is 1. The van der Waals surface area contributed by atoms with Crippen LogP contribution in [0.3, 0.4) is 0 Å². The SMILES string of the molecule is CCCNC(Cc1ccccn1)c1ccc(F)cc1. The van der Waals surface area contributed by atoms with Crippen LogP contribution in [0.5, 0.6) is 0 Å². The van der Waals surface area contributed by atoms with Crippen molar-refractivity contribution in [3.8, 4) is 0 Å². The molecule has 0 aliphatic heterocycles. The van der Waals surface area contributed by atoms with Crippen LogP contribution in [0.4, 0.5) is 4.39 Å². The first-order chi connectivity index (χ1) is 9.29. The zero-order valence-corrected chi connectivity index (χ0v) is 11.1. The Balaban J connectivity index is 2.13. The van der Waals surface area contributed by atoms with Gasteiger partial charge in [0.1, 0.15) is 5.82 Å². The molecule has 1 atom stereocenters. The van der Waals surface area contributed by atoms with Gasteiger partial charge in [0.05, 0.1) is 0 Å². The molecule has 0 spiro atoms. The standard InChI is InChI=1S/C16H19FN2/c1-2-10-19-16(12-15-5-3-4-11-18-15)13-6-8-14(17)9-7-13/h3-9,11,16,19H,2,10,12H2,1H3. The number of nitrogens with one attached hydrogen (secondary N) is 1. The lowest BCUT2D eigenvalue weighted by atomic mass is 10.0. The average Bonchev–Trinajstić information content (AvgIpc) is 2.45. The van der Waals surface area contributed by atoms with Gasteiger partial charge in [-0.3, -0.25) is 4.98 Å². The molecule has 0 aliphatic rings. The van der Waals surface area contributed by atoms with Gasteiger partial charge in [0.25, 0.3) is 0 Å². The van der Waals surface area contributed by atoms with Crippen LogP contribution in [-0.2, 0) is 6.42 Å². The summed E-state index contributed by atoms with van der Waals surface area (Å²) in [5, 5.41) is 3.49. The van der Waals surface area contributed by atoms with Gasteiger partial charge in [-0.15, -0.1) is 0 Å². The van der Waals surface area contributed by atoms with Crippen molar-refractivity contribution in [3.63, 3.8) is 0 Å². The number of pyridine rings is 1.